The normalized spacial score (nSPS) is 10.2. The number of aldehydes is 1. The van der Waals surface area contributed by atoms with Crippen LogP contribution in [0.1, 0.15) is 15.9 Å². The van der Waals surface area contributed by atoms with E-state index in [4.69, 9.17) is 9.47 Å². The zero-order valence-corrected chi connectivity index (χ0v) is 10.7. The van der Waals surface area contributed by atoms with Gasteiger partial charge in [-0.1, -0.05) is 6.07 Å². The molecular formula is C15H12F2O3. The minimum absolute atomic E-state index is 0.108. The lowest BCUT2D eigenvalue weighted by Crippen LogP contribution is -2.02. The van der Waals surface area contributed by atoms with Gasteiger partial charge in [0.2, 0.25) is 0 Å². The van der Waals surface area contributed by atoms with Crippen LogP contribution >= 0.6 is 0 Å². The lowest BCUT2D eigenvalue weighted by molar-refractivity contribution is 0.112. The van der Waals surface area contributed by atoms with Crippen molar-refractivity contribution in [2.75, 3.05) is 7.11 Å². The van der Waals surface area contributed by atoms with E-state index in [1.807, 2.05) is 0 Å². The third kappa shape index (κ3) is 2.93. The minimum atomic E-state index is -0.782. The van der Waals surface area contributed by atoms with Gasteiger partial charge in [0.1, 0.15) is 18.6 Å². The Morgan fingerprint density at radius 2 is 1.85 bits per heavy atom. The molecule has 0 unspecified atom stereocenters. The van der Waals surface area contributed by atoms with E-state index < -0.39 is 17.4 Å². The Kier molecular flexibility index (Phi) is 4.30. The van der Waals surface area contributed by atoms with Gasteiger partial charge in [-0.15, -0.1) is 0 Å². The van der Waals surface area contributed by atoms with Crippen molar-refractivity contribution in [3.63, 3.8) is 0 Å². The molecule has 5 heteroatoms. The molecular weight excluding hydrogens is 266 g/mol. The number of benzene rings is 2. The van der Waals surface area contributed by atoms with Crippen molar-refractivity contribution in [1.82, 2.24) is 0 Å². The highest BCUT2D eigenvalue weighted by Gasteiger charge is 2.11. The summed E-state index contributed by atoms with van der Waals surface area (Å²) in [5.74, 6) is -1.54. The predicted octanol–water partition coefficient (Wildman–Crippen LogP) is 3.36. The first kappa shape index (κ1) is 14.0. The first-order valence-corrected chi connectivity index (χ1v) is 5.84. The fourth-order valence-electron chi connectivity index (χ4n) is 1.75. The quantitative estimate of drug-likeness (QED) is 0.787. The molecule has 0 saturated heterocycles. The molecule has 0 radical (unpaired) electrons. The van der Waals surface area contributed by atoms with Crippen LogP contribution in [0.25, 0.3) is 0 Å². The molecule has 0 heterocycles. The molecule has 0 aliphatic carbocycles. The minimum Gasteiger partial charge on any atom is -0.496 e. The van der Waals surface area contributed by atoms with Crippen molar-refractivity contribution in [2.24, 2.45) is 0 Å². The standard InChI is InChI=1S/C15H12F2O3/c1-19-14-6-5-10(8-18)7-11(14)9-20-15-12(16)3-2-4-13(15)17/h2-8H,9H2,1H3. The molecule has 2 aromatic carbocycles. The molecule has 3 nitrogen and oxygen atoms in total. The van der Waals surface area contributed by atoms with Crippen LogP contribution in [-0.4, -0.2) is 13.4 Å². The molecule has 0 amide bonds. The number of ether oxygens (including phenoxy) is 2. The van der Waals surface area contributed by atoms with E-state index in [2.05, 4.69) is 0 Å². The summed E-state index contributed by atoms with van der Waals surface area (Å²) >= 11 is 0. The zero-order valence-electron chi connectivity index (χ0n) is 10.7. The highest BCUT2D eigenvalue weighted by atomic mass is 19.1. The molecule has 2 rings (SSSR count). The molecule has 0 fully saturated rings. The molecule has 20 heavy (non-hydrogen) atoms. The number of methoxy groups -OCH3 is 1. The first-order chi connectivity index (χ1) is 9.65. The van der Waals surface area contributed by atoms with E-state index in [9.17, 15) is 13.6 Å². The Morgan fingerprint density at radius 1 is 1.15 bits per heavy atom. The van der Waals surface area contributed by atoms with Crippen molar-refractivity contribution < 1.29 is 23.0 Å². The molecule has 2 aromatic rings. The summed E-state index contributed by atoms with van der Waals surface area (Å²) < 4.78 is 37.1. The van der Waals surface area contributed by atoms with Gasteiger partial charge in [-0.2, -0.15) is 0 Å². The van der Waals surface area contributed by atoms with E-state index in [-0.39, 0.29) is 6.61 Å². The van der Waals surface area contributed by atoms with Crippen LogP contribution in [0.15, 0.2) is 36.4 Å². The fraction of sp³-hybridized carbons (Fsp3) is 0.133. The number of rotatable bonds is 5. The van der Waals surface area contributed by atoms with Crippen LogP contribution < -0.4 is 9.47 Å². The Morgan fingerprint density at radius 3 is 2.45 bits per heavy atom. The summed E-state index contributed by atoms with van der Waals surface area (Å²) in [6.07, 6.45) is 0.673. The summed E-state index contributed by atoms with van der Waals surface area (Å²) in [6.45, 7) is -0.108. The third-order valence-corrected chi connectivity index (χ3v) is 2.73. The average Bonchev–Trinajstić information content (AvgIpc) is 2.46. The van der Waals surface area contributed by atoms with Crippen LogP contribution in [-0.2, 0) is 6.61 Å². The van der Waals surface area contributed by atoms with Crippen molar-refractivity contribution in [3.8, 4) is 11.5 Å². The molecule has 0 aliphatic rings. The maximum absolute atomic E-state index is 13.4. The van der Waals surface area contributed by atoms with Gasteiger partial charge in [0.15, 0.2) is 17.4 Å². The third-order valence-electron chi connectivity index (χ3n) is 2.73. The maximum atomic E-state index is 13.4. The lowest BCUT2D eigenvalue weighted by atomic mass is 10.1. The molecule has 0 bridgehead atoms. The Hall–Kier alpha value is -2.43. The van der Waals surface area contributed by atoms with Gasteiger partial charge in [0, 0.05) is 11.1 Å². The number of para-hydroxylation sites is 1. The Balaban J connectivity index is 2.24. The second-order valence-corrected chi connectivity index (χ2v) is 4.03. The van der Waals surface area contributed by atoms with Crippen LogP contribution in [0.5, 0.6) is 11.5 Å². The van der Waals surface area contributed by atoms with Crippen molar-refractivity contribution >= 4 is 6.29 Å². The van der Waals surface area contributed by atoms with Gasteiger partial charge in [-0.25, -0.2) is 8.78 Å². The molecule has 0 saturated carbocycles. The molecule has 104 valence electrons. The number of carbonyl (C=O) groups excluding carboxylic acids is 1. The smallest absolute Gasteiger partial charge is 0.191 e. The zero-order chi connectivity index (χ0) is 14.5. The summed E-state index contributed by atoms with van der Waals surface area (Å²) in [7, 11) is 1.46. The summed E-state index contributed by atoms with van der Waals surface area (Å²) in [5, 5.41) is 0. The molecule has 0 aliphatic heterocycles. The summed E-state index contributed by atoms with van der Waals surface area (Å²) in [4.78, 5) is 10.7. The fourth-order valence-corrected chi connectivity index (χ4v) is 1.75. The van der Waals surface area contributed by atoms with E-state index >= 15 is 0 Å². The van der Waals surface area contributed by atoms with Gasteiger partial charge in [0.05, 0.1) is 7.11 Å². The van der Waals surface area contributed by atoms with Crippen LogP contribution in [0, 0.1) is 11.6 Å². The van der Waals surface area contributed by atoms with E-state index in [1.54, 1.807) is 18.2 Å². The van der Waals surface area contributed by atoms with Crippen LogP contribution in [0.3, 0.4) is 0 Å². The van der Waals surface area contributed by atoms with Crippen LogP contribution in [0.4, 0.5) is 8.78 Å². The van der Waals surface area contributed by atoms with Crippen molar-refractivity contribution in [2.45, 2.75) is 6.61 Å². The number of carbonyl (C=O) groups is 1. The molecule has 0 aromatic heterocycles. The molecule has 0 atom stereocenters. The van der Waals surface area contributed by atoms with Crippen molar-refractivity contribution in [3.05, 3.63) is 59.2 Å². The second kappa shape index (κ2) is 6.14. The largest absolute Gasteiger partial charge is 0.496 e. The number of halogens is 2. The first-order valence-electron chi connectivity index (χ1n) is 5.84. The van der Waals surface area contributed by atoms with Gasteiger partial charge in [0.25, 0.3) is 0 Å². The SMILES string of the molecule is COc1ccc(C=O)cc1COc1c(F)cccc1F. The van der Waals surface area contributed by atoms with Gasteiger partial charge >= 0.3 is 0 Å². The topological polar surface area (TPSA) is 35.5 Å². The van der Waals surface area contributed by atoms with Gasteiger partial charge in [-0.05, 0) is 30.3 Å². The van der Waals surface area contributed by atoms with Crippen molar-refractivity contribution in [1.29, 1.82) is 0 Å². The Labute approximate surface area is 114 Å². The number of hydrogen-bond acceptors (Lipinski definition) is 3. The molecule has 0 N–H and O–H groups in total. The Bertz CT molecular complexity index is 606. The van der Waals surface area contributed by atoms with Crippen LogP contribution in [0.2, 0.25) is 0 Å². The predicted molar refractivity (Wildman–Crippen MR) is 69.1 cm³/mol. The highest BCUT2D eigenvalue weighted by Crippen LogP contribution is 2.25. The maximum Gasteiger partial charge on any atom is 0.191 e. The molecule has 0 spiro atoms. The van der Waals surface area contributed by atoms with E-state index in [1.165, 1.54) is 13.2 Å². The van der Waals surface area contributed by atoms with Gasteiger partial charge in [-0.3, -0.25) is 4.79 Å². The lowest BCUT2D eigenvalue weighted by Gasteiger charge is -2.11. The summed E-state index contributed by atoms with van der Waals surface area (Å²) in [6, 6.07) is 8.20. The monoisotopic (exact) mass is 278 g/mol. The highest BCUT2D eigenvalue weighted by molar-refractivity contribution is 5.75. The van der Waals surface area contributed by atoms with E-state index in [0.717, 1.165) is 12.1 Å². The van der Waals surface area contributed by atoms with E-state index in [0.29, 0.717) is 23.2 Å². The second-order valence-electron chi connectivity index (χ2n) is 4.03. The summed E-state index contributed by atoms with van der Waals surface area (Å²) in [5.41, 5.74) is 0.957. The van der Waals surface area contributed by atoms with Gasteiger partial charge < -0.3 is 9.47 Å². The number of hydrogen-bond donors (Lipinski definition) is 0. The average molecular weight is 278 g/mol.